The molecule has 3 rings (SSSR count). The number of rotatable bonds is 6. The molecule has 0 unspecified atom stereocenters. The normalized spacial score (nSPS) is 18.0. The van der Waals surface area contributed by atoms with E-state index in [4.69, 9.17) is 0 Å². The summed E-state index contributed by atoms with van der Waals surface area (Å²) in [6, 6.07) is 6.28. The number of amides is 1. The number of hydrogen-bond acceptors (Lipinski definition) is 4. The number of aryl methyl sites for hydroxylation is 1. The molecule has 0 aliphatic carbocycles. The molecule has 26 heavy (non-hydrogen) atoms. The van der Waals surface area contributed by atoms with E-state index in [1.54, 1.807) is 30.4 Å². The third-order valence-electron chi connectivity index (χ3n) is 4.97. The van der Waals surface area contributed by atoms with Crippen molar-refractivity contribution in [3.63, 3.8) is 0 Å². The van der Waals surface area contributed by atoms with Gasteiger partial charge in [0.1, 0.15) is 18.0 Å². The van der Waals surface area contributed by atoms with Crippen molar-refractivity contribution in [2.24, 2.45) is 0 Å². The highest BCUT2D eigenvalue weighted by atomic mass is 19.1. The Morgan fingerprint density at radius 2 is 2.12 bits per heavy atom. The summed E-state index contributed by atoms with van der Waals surface area (Å²) in [5.41, 5.74) is 0.926. The first-order chi connectivity index (χ1) is 12.6. The van der Waals surface area contributed by atoms with Crippen LogP contribution >= 0.6 is 0 Å². The van der Waals surface area contributed by atoms with Crippen molar-refractivity contribution in [1.29, 1.82) is 0 Å². The van der Waals surface area contributed by atoms with Crippen LogP contribution in [0.5, 0.6) is 0 Å². The minimum absolute atomic E-state index is 0.0759. The number of piperidine rings is 1. The summed E-state index contributed by atoms with van der Waals surface area (Å²) >= 11 is 0. The first kappa shape index (κ1) is 18.5. The van der Waals surface area contributed by atoms with E-state index in [1.165, 1.54) is 12.1 Å². The van der Waals surface area contributed by atoms with Gasteiger partial charge in [0.05, 0.1) is 6.54 Å². The summed E-state index contributed by atoms with van der Waals surface area (Å²) in [6.07, 6.45) is 3.90. The number of likely N-dealkylation sites (N-methyl/N-ethyl adjacent to an activating group) is 1. The number of likely N-dealkylation sites (tertiary alicyclic amines) is 1. The molecule has 1 atom stereocenters. The monoisotopic (exact) mass is 359 g/mol. The number of hydrogen-bond donors (Lipinski definition) is 0. The fraction of sp³-hybridized carbons (Fsp3) is 0.526. The van der Waals surface area contributed by atoms with Gasteiger partial charge in [-0.15, -0.1) is 10.2 Å². The average molecular weight is 359 g/mol. The highest BCUT2D eigenvalue weighted by molar-refractivity contribution is 5.78. The van der Waals surface area contributed by atoms with Crippen LogP contribution < -0.4 is 0 Å². The second-order valence-corrected chi connectivity index (χ2v) is 6.93. The Morgan fingerprint density at radius 3 is 2.85 bits per heavy atom. The molecule has 1 fully saturated rings. The van der Waals surface area contributed by atoms with Gasteiger partial charge in [-0.1, -0.05) is 12.1 Å². The van der Waals surface area contributed by atoms with Gasteiger partial charge < -0.3 is 9.47 Å². The van der Waals surface area contributed by atoms with Gasteiger partial charge in [0.25, 0.3) is 0 Å². The molecule has 1 aliphatic rings. The van der Waals surface area contributed by atoms with Crippen molar-refractivity contribution in [2.75, 3.05) is 26.7 Å². The lowest BCUT2D eigenvalue weighted by Gasteiger charge is -2.32. The van der Waals surface area contributed by atoms with E-state index in [-0.39, 0.29) is 11.7 Å². The van der Waals surface area contributed by atoms with Gasteiger partial charge in [-0.3, -0.25) is 9.69 Å². The largest absolute Gasteiger partial charge is 0.340 e. The van der Waals surface area contributed by atoms with Crippen molar-refractivity contribution < 1.29 is 9.18 Å². The van der Waals surface area contributed by atoms with Gasteiger partial charge in [-0.25, -0.2) is 4.39 Å². The molecule has 0 spiro atoms. The Bertz CT molecular complexity index is 730. The fourth-order valence-electron chi connectivity index (χ4n) is 3.50. The standard InChI is InChI=1S/C19H26FN5O/c1-3-25-14-21-22-19(25)16-5-4-10-24(12-16)13-18(26)23(2)11-15-6-8-17(20)9-7-15/h6-9,14,16H,3-5,10-13H2,1-2H3/t16-/m0/s1. The quantitative estimate of drug-likeness (QED) is 0.794. The fourth-order valence-corrected chi connectivity index (χ4v) is 3.50. The molecule has 2 aromatic rings. The average Bonchev–Trinajstić information content (AvgIpc) is 3.12. The Hall–Kier alpha value is -2.28. The minimum Gasteiger partial charge on any atom is -0.340 e. The van der Waals surface area contributed by atoms with Crippen LogP contribution in [0.1, 0.15) is 37.1 Å². The summed E-state index contributed by atoms with van der Waals surface area (Å²) < 4.78 is 15.1. The van der Waals surface area contributed by atoms with Crippen LogP contribution in [0, 0.1) is 5.82 Å². The van der Waals surface area contributed by atoms with Crippen molar-refractivity contribution in [1.82, 2.24) is 24.6 Å². The Balaban J connectivity index is 1.55. The molecule has 0 saturated carbocycles. The smallest absolute Gasteiger partial charge is 0.236 e. The zero-order valence-electron chi connectivity index (χ0n) is 15.4. The molecule has 1 aliphatic heterocycles. The van der Waals surface area contributed by atoms with Gasteiger partial charge in [0.2, 0.25) is 5.91 Å². The van der Waals surface area contributed by atoms with E-state index >= 15 is 0 Å². The van der Waals surface area contributed by atoms with E-state index in [1.807, 2.05) is 0 Å². The van der Waals surface area contributed by atoms with Crippen LogP contribution in [0.15, 0.2) is 30.6 Å². The molecule has 1 amide bonds. The van der Waals surface area contributed by atoms with Crippen LogP contribution in [0.25, 0.3) is 0 Å². The maximum Gasteiger partial charge on any atom is 0.236 e. The van der Waals surface area contributed by atoms with Crippen LogP contribution in [-0.4, -0.2) is 57.2 Å². The SMILES string of the molecule is CCn1cnnc1[C@H]1CCCN(CC(=O)N(C)Cc2ccc(F)cc2)C1. The van der Waals surface area contributed by atoms with Gasteiger partial charge in [-0.2, -0.15) is 0 Å². The molecular weight excluding hydrogens is 333 g/mol. The number of benzene rings is 1. The maximum atomic E-state index is 13.0. The Morgan fingerprint density at radius 1 is 1.35 bits per heavy atom. The van der Waals surface area contributed by atoms with E-state index < -0.39 is 0 Å². The van der Waals surface area contributed by atoms with Crippen molar-refractivity contribution >= 4 is 5.91 Å². The minimum atomic E-state index is -0.262. The second-order valence-electron chi connectivity index (χ2n) is 6.93. The van der Waals surface area contributed by atoms with Gasteiger partial charge >= 0.3 is 0 Å². The predicted molar refractivity (Wildman–Crippen MR) is 97.0 cm³/mol. The van der Waals surface area contributed by atoms with Crippen molar-refractivity contribution in [3.8, 4) is 0 Å². The summed E-state index contributed by atoms with van der Waals surface area (Å²) in [4.78, 5) is 16.5. The molecule has 1 saturated heterocycles. The number of aromatic nitrogens is 3. The molecule has 0 radical (unpaired) electrons. The second kappa shape index (κ2) is 8.40. The Labute approximate surface area is 153 Å². The Kier molecular flexibility index (Phi) is 5.98. The van der Waals surface area contributed by atoms with E-state index in [9.17, 15) is 9.18 Å². The third kappa shape index (κ3) is 4.46. The van der Waals surface area contributed by atoms with Crippen LogP contribution in [-0.2, 0) is 17.9 Å². The lowest BCUT2D eigenvalue weighted by Crippen LogP contribution is -2.42. The molecule has 1 aromatic carbocycles. The first-order valence-corrected chi connectivity index (χ1v) is 9.15. The van der Waals surface area contributed by atoms with Gasteiger partial charge in [0.15, 0.2) is 0 Å². The van der Waals surface area contributed by atoms with Gasteiger partial charge in [0, 0.05) is 32.6 Å². The van der Waals surface area contributed by atoms with E-state index in [2.05, 4.69) is 26.6 Å². The van der Waals surface area contributed by atoms with E-state index in [0.29, 0.717) is 19.0 Å². The molecule has 2 heterocycles. The number of nitrogens with zero attached hydrogens (tertiary/aromatic N) is 5. The molecule has 140 valence electrons. The summed E-state index contributed by atoms with van der Waals surface area (Å²) in [7, 11) is 1.79. The zero-order chi connectivity index (χ0) is 18.5. The lowest BCUT2D eigenvalue weighted by atomic mass is 9.97. The van der Waals surface area contributed by atoms with Crippen LogP contribution in [0.2, 0.25) is 0 Å². The third-order valence-corrected chi connectivity index (χ3v) is 4.97. The van der Waals surface area contributed by atoms with E-state index in [0.717, 1.165) is 43.9 Å². The van der Waals surface area contributed by atoms with Gasteiger partial charge in [-0.05, 0) is 44.0 Å². The summed E-state index contributed by atoms with van der Waals surface area (Å²) in [5.74, 6) is 1.15. The molecule has 1 aromatic heterocycles. The van der Waals surface area contributed by atoms with Crippen molar-refractivity contribution in [3.05, 3.63) is 47.8 Å². The topological polar surface area (TPSA) is 54.3 Å². The molecule has 0 bridgehead atoms. The zero-order valence-corrected chi connectivity index (χ0v) is 15.4. The van der Waals surface area contributed by atoms with Crippen molar-refractivity contribution in [2.45, 2.75) is 38.8 Å². The van der Waals surface area contributed by atoms with Crippen LogP contribution in [0.3, 0.4) is 0 Å². The number of halogens is 1. The summed E-state index contributed by atoms with van der Waals surface area (Å²) in [6.45, 7) is 5.58. The molecule has 6 nitrogen and oxygen atoms in total. The maximum absolute atomic E-state index is 13.0. The highest BCUT2D eigenvalue weighted by Gasteiger charge is 2.26. The van der Waals surface area contributed by atoms with Crippen LogP contribution in [0.4, 0.5) is 4.39 Å². The first-order valence-electron chi connectivity index (χ1n) is 9.15. The summed E-state index contributed by atoms with van der Waals surface area (Å²) in [5, 5.41) is 8.31. The lowest BCUT2D eigenvalue weighted by molar-refractivity contribution is -0.132. The molecule has 0 N–H and O–H groups in total. The number of carbonyl (C=O) groups excluding carboxylic acids is 1. The highest BCUT2D eigenvalue weighted by Crippen LogP contribution is 2.25. The predicted octanol–water partition coefficient (Wildman–Crippen LogP) is 2.28. The molecular formula is C19H26FN5O. The number of carbonyl (C=O) groups is 1. The molecule has 7 heteroatoms.